The van der Waals surface area contributed by atoms with Crippen molar-refractivity contribution in [2.75, 3.05) is 26.8 Å². The van der Waals surface area contributed by atoms with E-state index in [4.69, 9.17) is 10.5 Å². The first-order chi connectivity index (χ1) is 7.31. The maximum atomic E-state index is 6.12. The summed E-state index contributed by atoms with van der Waals surface area (Å²) in [4.78, 5) is 2.56. The molecular formula is C12H24N2O. The number of nitrogens with two attached hydrogens (primary N) is 1. The van der Waals surface area contributed by atoms with Gasteiger partial charge < -0.3 is 10.5 Å². The maximum Gasteiger partial charge on any atom is 0.0589 e. The molecule has 0 saturated heterocycles. The van der Waals surface area contributed by atoms with Crippen molar-refractivity contribution < 1.29 is 4.74 Å². The van der Waals surface area contributed by atoms with Gasteiger partial charge in [0.25, 0.3) is 0 Å². The highest BCUT2D eigenvalue weighted by atomic mass is 16.5. The summed E-state index contributed by atoms with van der Waals surface area (Å²) in [7, 11) is 1.78. The Morgan fingerprint density at radius 2 is 2.00 bits per heavy atom. The highest BCUT2D eigenvalue weighted by Gasteiger charge is 2.31. The lowest BCUT2D eigenvalue weighted by molar-refractivity contribution is 0.140. The second-order valence-corrected chi connectivity index (χ2v) is 5.05. The molecule has 0 aromatic heterocycles. The Bertz CT molecular complexity index is 190. The van der Waals surface area contributed by atoms with Gasteiger partial charge in [-0.2, -0.15) is 0 Å². The molecule has 15 heavy (non-hydrogen) atoms. The van der Waals surface area contributed by atoms with E-state index in [2.05, 4.69) is 4.90 Å². The Balaban J connectivity index is 1.63. The van der Waals surface area contributed by atoms with Gasteiger partial charge in [-0.05, 0) is 38.0 Å². The predicted molar refractivity (Wildman–Crippen MR) is 61.8 cm³/mol. The number of ether oxygens (including phenoxy) is 1. The van der Waals surface area contributed by atoms with Crippen LogP contribution in [0.3, 0.4) is 0 Å². The summed E-state index contributed by atoms with van der Waals surface area (Å²) < 4.78 is 5.14. The molecule has 0 heterocycles. The molecule has 2 rings (SSSR count). The third kappa shape index (κ3) is 3.74. The summed E-state index contributed by atoms with van der Waals surface area (Å²) in [5.41, 5.74) is 6.12. The van der Waals surface area contributed by atoms with Gasteiger partial charge in [0.2, 0.25) is 0 Å². The zero-order chi connectivity index (χ0) is 10.7. The van der Waals surface area contributed by atoms with Gasteiger partial charge in [-0.3, -0.25) is 4.90 Å². The monoisotopic (exact) mass is 212 g/mol. The van der Waals surface area contributed by atoms with Gasteiger partial charge in [0.1, 0.15) is 0 Å². The van der Waals surface area contributed by atoms with E-state index in [0.29, 0.717) is 6.04 Å². The second-order valence-electron chi connectivity index (χ2n) is 5.05. The SMILES string of the molecule is COCCN(CCC(N)C1CC1)C1CC1. The van der Waals surface area contributed by atoms with Crippen molar-refractivity contribution in [2.45, 2.75) is 44.2 Å². The Hall–Kier alpha value is -0.120. The molecule has 0 aliphatic heterocycles. The van der Waals surface area contributed by atoms with E-state index in [9.17, 15) is 0 Å². The molecule has 0 aromatic rings. The van der Waals surface area contributed by atoms with Gasteiger partial charge in [0.15, 0.2) is 0 Å². The smallest absolute Gasteiger partial charge is 0.0589 e. The third-order valence-electron chi connectivity index (χ3n) is 3.62. The molecule has 88 valence electrons. The minimum Gasteiger partial charge on any atom is -0.383 e. The van der Waals surface area contributed by atoms with Gasteiger partial charge in [0, 0.05) is 32.3 Å². The molecule has 0 radical (unpaired) electrons. The van der Waals surface area contributed by atoms with Crippen molar-refractivity contribution in [1.29, 1.82) is 0 Å². The van der Waals surface area contributed by atoms with Crippen LogP contribution in [0, 0.1) is 5.92 Å². The van der Waals surface area contributed by atoms with E-state index in [0.717, 1.165) is 25.1 Å². The summed E-state index contributed by atoms with van der Waals surface area (Å²) in [6.07, 6.45) is 6.65. The molecule has 2 N–H and O–H groups in total. The largest absolute Gasteiger partial charge is 0.383 e. The minimum absolute atomic E-state index is 0.453. The topological polar surface area (TPSA) is 38.5 Å². The van der Waals surface area contributed by atoms with E-state index in [1.165, 1.54) is 38.6 Å². The third-order valence-corrected chi connectivity index (χ3v) is 3.62. The van der Waals surface area contributed by atoms with Crippen LogP contribution in [0.25, 0.3) is 0 Å². The fourth-order valence-corrected chi connectivity index (χ4v) is 2.20. The average molecular weight is 212 g/mol. The Morgan fingerprint density at radius 3 is 2.53 bits per heavy atom. The van der Waals surface area contributed by atoms with Crippen LogP contribution in [0.15, 0.2) is 0 Å². The molecule has 1 unspecified atom stereocenters. The van der Waals surface area contributed by atoms with Gasteiger partial charge in [-0.25, -0.2) is 0 Å². The normalized spacial score (nSPS) is 23.4. The standard InChI is InChI=1S/C12H24N2O/c1-15-9-8-14(11-4-5-11)7-6-12(13)10-2-3-10/h10-12H,2-9,13H2,1H3. The highest BCUT2D eigenvalue weighted by molar-refractivity contribution is 4.88. The second kappa shape index (κ2) is 5.28. The summed E-state index contributed by atoms with van der Waals surface area (Å²) in [5, 5.41) is 0. The molecular weight excluding hydrogens is 188 g/mol. The van der Waals surface area contributed by atoms with Crippen molar-refractivity contribution in [1.82, 2.24) is 4.90 Å². The Morgan fingerprint density at radius 1 is 1.27 bits per heavy atom. The summed E-state index contributed by atoms with van der Waals surface area (Å²) in [6, 6.07) is 1.29. The summed E-state index contributed by atoms with van der Waals surface area (Å²) >= 11 is 0. The zero-order valence-electron chi connectivity index (χ0n) is 9.82. The Kier molecular flexibility index (Phi) is 4.00. The molecule has 3 heteroatoms. The number of hydrogen-bond acceptors (Lipinski definition) is 3. The summed E-state index contributed by atoms with van der Waals surface area (Å²) in [5.74, 6) is 0.841. The number of methoxy groups -OCH3 is 1. The van der Waals surface area contributed by atoms with Crippen molar-refractivity contribution >= 4 is 0 Å². The molecule has 3 nitrogen and oxygen atoms in total. The van der Waals surface area contributed by atoms with Crippen LogP contribution in [0.4, 0.5) is 0 Å². The average Bonchev–Trinajstić information content (AvgIpc) is 3.05. The van der Waals surface area contributed by atoms with E-state index in [1.807, 2.05) is 0 Å². The van der Waals surface area contributed by atoms with E-state index >= 15 is 0 Å². The quantitative estimate of drug-likeness (QED) is 0.657. The van der Waals surface area contributed by atoms with Crippen molar-refractivity contribution in [3.05, 3.63) is 0 Å². The summed E-state index contributed by atoms with van der Waals surface area (Å²) in [6.45, 7) is 3.11. The van der Waals surface area contributed by atoms with Crippen LogP contribution in [0.2, 0.25) is 0 Å². The molecule has 0 spiro atoms. The van der Waals surface area contributed by atoms with Crippen LogP contribution in [0.1, 0.15) is 32.1 Å². The van der Waals surface area contributed by atoms with E-state index in [1.54, 1.807) is 7.11 Å². The van der Waals surface area contributed by atoms with E-state index < -0.39 is 0 Å². The van der Waals surface area contributed by atoms with Crippen molar-refractivity contribution in [2.24, 2.45) is 11.7 Å². The lowest BCUT2D eigenvalue weighted by Crippen LogP contribution is -2.35. The van der Waals surface area contributed by atoms with Crippen molar-refractivity contribution in [3.63, 3.8) is 0 Å². The highest BCUT2D eigenvalue weighted by Crippen LogP contribution is 2.33. The Labute approximate surface area is 93.0 Å². The molecule has 0 amide bonds. The molecule has 0 bridgehead atoms. The number of nitrogens with zero attached hydrogens (tertiary/aromatic N) is 1. The van der Waals surface area contributed by atoms with E-state index in [-0.39, 0.29) is 0 Å². The molecule has 2 aliphatic rings. The predicted octanol–water partition coefficient (Wildman–Crippen LogP) is 1.22. The van der Waals surface area contributed by atoms with Gasteiger partial charge >= 0.3 is 0 Å². The molecule has 2 fully saturated rings. The molecule has 0 aromatic carbocycles. The lowest BCUT2D eigenvalue weighted by Gasteiger charge is -2.23. The van der Waals surface area contributed by atoms with Gasteiger partial charge in [-0.15, -0.1) is 0 Å². The van der Waals surface area contributed by atoms with Crippen LogP contribution < -0.4 is 5.73 Å². The molecule has 1 atom stereocenters. The van der Waals surface area contributed by atoms with Gasteiger partial charge in [0.05, 0.1) is 6.61 Å². The van der Waals surface area contributed by atoms with Crippen LogP contribution >= 0.6 is 0 Å². The first-order valence-electron chi connectivity index (χ1n) is 6.30. The fraction of sp³-hybridized carbons (Fsp3) is 1.00. The van der Waals surface area contributed by atoms with Crippen molar-refractivity contribution in [3.8, 4) is 0 Å². The van der Waals surface area contributed by atoms with Gasteiger partial charge in [-0.1, -0.05) is 0 Å². The number of rotatable bonds is 8. The first-order valence-corrected chi connectivity index (χ1v) is 6.30. The zero-order valence-corrected chi connectivity index (χ0v) is 9.82. The molecule has 2 saturated carbocycles. The van der Waals surface area contributed by atoms with Crippen LogP contribution in [-0.4, -0.2) is 43.8 Å². The minimum atomic E-state index is 0.453. The number of hydrogen-bond donors (Lipinski definition) is 1. The first kappa shape index (κ1) is 11.4. The fourth-order valence-electron chi connectivity index (χ4n) is 2.20. The van der Waals surface area contributed by atoms with Crippen LogP contribution in [0.5, 0.6) is 0 Å². The maximum absolute atomic E-state index is 6.12. The molecule has 2 aliphatic carbocycles. The van der Waals surface area contributed by atoms with Crippen LogP contribution in [-0.2, 0) is 4.74 Å². The lowest BCUT2D eigenvalue weighted by atomic mass is 10.1.